The Kier molecular flexibility index (Phi) is 7.29. The fourth-order valence-electron chi connectivity index (χ4n) is 7.16. The predicted molar refractivity (Wildman–Crippen MR) is 107 cm³/mol. The molecule has 0 radical (unpaired) electrons. The van der Waals surface area contributed by atoms with Crippen molar-refractivity contribution in [3.05, 3.63) is 0 Å². The van der Waals surface area contributed by atoms with Crippen LogP contribution in [-0.2, 0) is 0 Å². The van der Waals surface area contributed by atoms with Gasteiger partial charge in [0.2, 0.25) is 0 Å². The number of aliphatic hydroxyl groups is 1. The number of rotatable bonds is 5. The minimum Gasteiger partial charge on any atom is -0.396 e. The largest absolute Gasteiger partial charge is 0.396 e. The average Bonchev–Trinajstić information content (AvgIpc) is 2.67. The van der Waals surface area contributed by atoms with E-state index in [2.05, 4.69) is 20.8 Å². The molecule has 0 bridgehead atoms. The zero-order valence-corrected chi connectivity index (χ0v) is 17.3. The van der Waals surface area contributed by atoms with Gasteiger partial charge in [-0.15, -0.1) is 0 Å². The van der Waals surface area contributed by atoms with E-state index < -0.39 is 0 Å². The van der Waals surface area contributed by atoms with E-state index in [0.29, 0.717) is 12.5 Å². The van der Waals surface area contributed by atoms with E-state index in [1.165, 1.54) is 77.0 Å². The van der Waals surface area contributed by atoms with Crippen molar-refractivity contribution in [2.24, 2.45) is 47.3 Å². The average molecular weight is 349 g/mol. The molecule has 3 aliphatic carbocycles. The molecule has 6 atom stereocenters. The Labute approximate surface area is 157 Å². The van der Waals surface area contributed by atoms with Crippen LogP contribution < -0.4 is 0 Å². The number of hydrogen-bond acceptors (Lipinski definition) is 1. The number of aliphatic hydroxyl groups excluding tert-OH is 1. The monoisotopic (exact) mass is 348 g/mol. The molecule has 3 fully saturated rings. The molecule has 25 heavy (non-hydrogen) atoms. The Bertz CT molecular complexity index is 384. The third kappa shape index (κ3) is 4.63. The first-order valence-electron chi connectivity index (χ1n) is 11.8. The molecule has 6 unspecified atom stereocenters. The second-order valence-electron chi connectivity index (χ2n) is 10.1. The maximum Gasteiger partial charge on any atom is 0.0459 e. The van der Waals surface area contributed by atoms with Gasteiger partial charge in [-0.3, -0.25) is 0 Å². The molecular weight excluding hydrogens is 304 g/mol. The first-order chi connectivity index (χ1) is 12.2. The quantitative estimate of drug-likeness (QED) is 0.587. The van der Waals surface area contributed by atoms with Crippen LogP contribution in [0.5, 0.6) is 0 Å². The highest BCUT2D eigenvalue weighted by Crippen LogP contribution is 2.50. The highest BCUT2D eigenvalue weighted by Gasteiger charge is 2.41. The van der Waals surface area contributed by atoms with Gasteiger partial charge < -0.3 is 5.11 Å². The van der Waals surface area contributed by atoms with E-state index in [-0.39, 0.29) is 0 Å². The van der Waals surface area contributed by atoms with Crippen molar-refractivity contribution in [3.63, 3.8) is 0 Å². The van der Waals surface area contributed by atoms with Crippen LogP contribution in [-0.4, -0.2) is 11.7 Å². The molecule has 3 rings (SSSR count). The summed E-state index contributed by atoms with van der Waals surface area (Å²) in [6.07, 6.45) is 17.3. The van der Waals surface area contributed by atoms with Crippen molar-refractivity contribution in [1.82, 2.24) is 0 Å². The summed E-state index contributed by atoms with van der Waals surface area (Å²) in [4.78, 5) is 0. The Morgan fingerprint density at radius 2 is 1.24 bits per heavy atom. The summed E-state index contributed by atoms with van der Waals surface area (Å²) in [5.74, 6) is 7.54. The van der Waals surface area contributed by atoms with Gasteiger partial charge in [-0.2, -0.15) is 0 Å². The maximum atomic E-state index is 9.58. The molecule has 0 aromatic rings. The van der Waals surface area contributed by atoms with E-state index >= 15 is 0 Å². The normalized spacial score (nSPS) is 46.1. The van der Waals surface area contributed by atoms with Gasteiger partial charge in [0.15, 0.2) is 0 Å². The first kappa shape index (κ1) is 19.7. The van der Waals surface area contributed by atoms with Crippen LogP contribution in [0.1, 0.15) is 97.8 Å². The molecule has 1 heteroatoms. The van der Waals surface area contributed by atoms with Gasteiger partial charge in [0.25, 0.3) is 0 Å². The van der Waals surface area contributed by atoms with Crippen molar-refractivity contribution < 1.29 is 5.11 Å². The summed E-state index contributed by atoms with van der Waals surface area (Å²) in [5, 5.41) is 9.58. The van der Waals surface area contributed by atoms with E-state index in [0.717, 1.165) is 41.4 Å². The minimum atomic E-state index is 0.424. The Morgan fingerprint density at radius 1 is 0.680 bits per heavy atom. The molecule has 0 aliphatic heterocycles. The van der Waals surface area contributed by atoms with Crippen molar-refractivity contribution in [3.8, 4) is 0 Å². The summed E-state index contributed by atoms with van der Waals surface area (Å²) in [6, 6.07) is 0. The van der Waals surface area contributed by atoms with E-state index in [1.54, 1.807) is 0 Å². The molecule has 1 nitrogen and oxygen atoms in total. The van der Waals surface area contributed by atoms with Gasteiger partial charge in [0.05, 0.1) is 0 Å². The summed E-state index contributed by atoms with van der Waals surface area (Å²) < 4.78 is 0. The second-order valence-corrected chi connectivity index (χ2v) is 10.1. The highest BCUT2D eigenvalue weighted by atomic mass is 16.3. The summed E-state index contributed by atoms with van der Waals surface area (Å²) >= 11 is 0. The van der Waals surface area contributed by atoms with Gasteiger partial charge in [0.1, 0.15) is 0 Å². The fraction of sp³-hybridized carbons (Fsp3) is 1.00. The molecule has 0 saturated heterocycles. The van der Waals surface area contributed by atoms with Crippen molar-refractivity contribution in [2.45, 2.75) is 97.8 Å². The van der Waals surface area contributed by atoms with Gasteiger partial charge in [-0.05, 0) is 98.7 Å². The molecule has 146 valence electrons. The molecule has 3 aliphatic rings. The minimum absolute atomic E-state index is 0.424. The highest BCUT2D eigenvalue weighted by molar-refractivity contribution is 4.91. The van der Waals surface area contributed by atoms with Crippen molar-refractivity contribution >= 4 is 0 Å². The fourth-order valence-corrected chi connectivity index (χ4v) is 7.16. The molecule has 0 heterocycles. The topological polar surface area (TPSA) is 20.2 Å². The van der Waals surface area contributed by atoms with Crippen molar-refractivity contribution in [2.75, 3.05) is 6.61 Å². The Morgan fingerprint density at radius 3 is 1.88 bits per heavy atom. The molecule has 0 spiro atoms. The maximum absolute atomic E-state index is 9.58. The van der Waals surface area contributed by atoms with E-state index in [4.69, 9.17) is 0 Å². The van der Waals surface area contributed by atoms with Crippen LogP contribution in [0.25, 0.3) is 0 Å². The van der Waals surface area contributed by atoms with Crippen LogP contribution in [0, 0.1) is 47.3 Å². The van der Waals surface area contributed by atoms with Crippen LogP contribution >= 0.6 is 0 Å². The molecule has 0 amide bonds. The third-order valence-corrected chi connectivity index (χ3v) is 8.81. The van der Waals surface area contributed by atoms with Gasteiger partial charge in [0, 0.05) is 6.61 Å². The molecule has 1 N–H and O–H groups in total. The van der Waals surface area contributed by atoms with Gasteiger partial charge in [-0.25, -0.2) is 0 Å². The van der Waals surface area contributed by atoms with Crippen LogP contribution in [0.15, 0.2) is 0 Å². The first-order valence-corrected chi connectivity index (χ1v) is 11.8. The second kappa shape index (κ2) is 9.25. The zero-order chi connectivity index (χ0) is 17.8. The molecule has 0 aromatic carbocycles. The van der Waals surface area contributed by atoms with Crippen molar-refractivity contribution in [1.29, 1.82) is 0 Å². The molecular formula is C24H44O. The lowest BCUT2D eigenvalue weighted by Gasteiger charge is -2.47. The number of hydrogen-bond donors (Lipinski definition) is 1. The smallest absolute Gasteiger partial charge is 0.0459 e. The van der Waals surface area contributed by atoms with Gasteiger partial charge in [-0.1, -0.05) is 46.5 Å². The summed E-state index contributed by atoms with van der Waals surface area (Å²) in [7, 11) is 0. The van der Waals surface area contributed by atoms with Gasteiger partial charge >= 0.3 is 0 Å². The van der Waals surface area contributed by atoms with Crippen LogP contribution in [0.3, 0.4) is 0 Å². The Balaban J connectivity index is 1.59. The summed E-state index contributed by atoms with van der Waals surface area (Å²) in [5.41, 5.74) is 0. The SMILES string of the molecule is CCC1CC(CO)CCC1C1CCC(C2CCC(C)CC2)C(CC)C1. The van der Waals surface area contributed by atoms with E-state index in [9.17, 15) is 5.11 Å². The third-order valence-electron chi connectivity index (χ3n) is 8.81. The molecule has 0 aromatic heterocycles. The summed E-state index contributed by atoms with van der Waals surface area (Å²) in [6.45, 7) is 7.74. The lowest BCUT2D eigenvalue weighted by atomic mass is 9.58. The lowest BCUT2D eigenvalue weighted by Crippen LogP contribution is -2.38. The van der Waals surface area contributed by atoms with Crippen LogP contribution in [0.2, 0.25) is 0 Å². The molecule has 3 saturated carbocycles. The predicted octanol–water partition coefficient (Wildman–Crippen LogP) is 6.69. The Hall–Kier alpha value is -0.0400. The lowest BCUT2D eigenvalue weighted by molar-refractivity contribution is 0.0235. The zero-order valence-electron chi connectivity index (χ0n) is 17.3. The van der Waals surface area contributed by atoms with Crippen LogP contribution in [0.4, 0.5) is 0 Å². The van der Waals surface area contributed by atoms with E-state index in [1.807, 2.05) is 0 Å². The standard InChI is InChI=1S/C24H44O/c1-4-19-14-18(16-25)8-12-24(19)22-11-13-23(20(5-2)15-22)21-9-6-17(3)7-10-21/h17-25H,4-16H2,1-3H3.